The van der Waals surface area contributed by atoms with Crippen LogP contribution in [0.3, 0.4) is 0 Å². The Morgan fingerprint density at radius 1 is 1.45 bits per heavy atom. The predicted molar refractivity (Wildman–Crippen MR) is 47.0 cm³/mol. The fourth-order valence-corrected chi connectivity index (χ4v) is 1.73. The maximum Gasteiger partial charge on any atom is 0.213 e. The monoisotopic (exact) mass is 179 g/mol. The molecule has 1 N–H and O–H groups in total. The average Bonchev–Trinajstić information content (AvgIpc) is 2.00. The van der Waals surface area contributed by atoms with E-state index in [0.717, 1.165) is 19.3 Å². The second kappa shape index (κ2) is 4.72. The van der Waals surface area contributed by atoms with Crippen molar-refractivity contribution < 1.29 is 8.42 Å². The number of unbranched alkanes of at least 4 members (excludes halogenated alkanes) is 1. The lowest BCUT2D eigenvalue weighted by atomic mass is 10.2. The smallest absolute Gasteiger partial charge is 0.213 e. The third-order valence-corrected chi connectivity index (χ3v) is 3.64. The van der Waals surface area contributed by atoms with Crippen molar-refractivity contribution in [2.24, 2.45) is 0 Å². The Bertz CT molecular complexity index is 187. The molecule has 0 spiro atoms. The molecule has 0 aromatic rings. The van der Waals surface area contributed by atoms with Gasteiger partial charge in [-0.25, -0.2) is 13.1 Å². The van der Waals surface area contributed by atoms with E-state index in [1.165, 1.54) is 7.05 Å². The molecule has 0 aliphatic rings. The van der Waals surface area contributed by atoms with E-state index in [-0.39, 0.29) is 5.25 Å². The summed E-state index contributed by atoms with van der Waals surface area (Å²) in [6, 6.07) is 0. The number of sulfonamides is 1. The zero-order valence-electron chi connectivity index (χ0n) is 7.42. The van der Waals surface area contributed by atoms with Gasteiger partial charge >= 0.3 is 0 Å². The molecule has 11 heavy (non-hydrogen) atoms. The molecule has 0 radical (unpaired) electrons. The topological polar surface area (TPSA) is 46.2 Å². The molecule has 0 aromatic heterocycles. The van der Waals surface area contributed by atoms with E-state index in [1.807, 2.05) is 0 Å². The van der Waals surface area contributed by atoms with Crippen LogP contribution in [0.5, 0.6) is 0 Å². The highest BCUT2D eigenvalue weighted by Crippen LogP contribution is 2.07. The van der Waals surface area contributed by atoms with Crippen LogP contribution in [-0.2, 0) is 10.0 Å². The standard InChI is InChI=1S/C7H17NO2S/c1-4-5-6-7(2)11(9,10)8-3/h7-8H,4-6H2,1-3H3/t7-/m1/s1. The lowest BCUT2D eigenvalue weighted by molar-refractivity contribution is 0.563. The number of nitrogens with one attached hydrogen (secondary N) is 1. The maximum atomic E-state index is 11.1. The van der Waals surface area contributed by atoms with Gasteiger partial charge in [0.15, 0.2) is 0 Å². The van der Waals surface area contributed by atoms with Gasteiger partial charge in [0.05, 0.1) is 5.25 Å². The molecule has 68 valence electrons. The Balaban J connectivity index is 3.93. The van der Waals surface area contributed by atoms with Crippen LogP contribution in [0.1, 0.15) is 33.1 Å². The van der Waals surface area contributed by atoms with Gasteiger partial charge in [0.1, 0.15) is 0 Å². The lowest BCUT2D eigenvalue weighted by Crippen LogP contribution is -2.29. The first-order chi connectivity index (χ1) is 5.04. The average molecular weight is 179 g/mol. The zero-order chi connectivity index (χ0) is 8.91. The summed E-state index contributed by atoms with van der Waals surface area (Å²) in [6.45, 7) is 3.79. The second-order valence-corrected chi connectivity index (χ2v) is 5.00. The Morgan fingerprint density at radius 2 is 2.00 bits per heavy atom. The van der Waals surface area contributed by atoms with Crippen LogP contribution in [0.15, 0.2) is 0 Å². The Morgan fingerprint density at radius 3 is 2.36 bits per heavy atom. The van der Waals surface area contributed by atoms with E-state index in [1.54, 1.807) is 6.92 Å². The van der Waals surface area contributed by atoms with Gasteiger partial charge in [0.25, 0.3) is 0 Å². The van der Waals surface area contributed by atoms with Crippen LogP contribution in [0, 0.1) is 0 Å². The Hall–Kier alpha value is -0.0900. The minimum Gasteiger partial charge on any atom is -0.218 e. The van der Waals surface area contributed by atoms with Crippen molar-refractivity contribution in [2.75, 3.05) is 7.05 Å². The lowest BCUT2D eigenvalue weighted by Gasteiger charge is -2.10. The Kier molecular flexibility index (Phi) is 4.68. The molecule has 3 nitrogen and oxygen atoms in total. The number of rotatable bonds is 5. The summed E-state index contributed by atoms with van der Waals surface area (Å²) >= 11 is 0. The molecule has 0 rings (SSSR count). The summed E-state index contributed by atoms with van der Waals surface area (Å²) in [5.41, 5.74) is 0. The van der Waals surface area contributed by atoms with Crippen molar-refractivity contribution in [2.45, 2.75) is 38.4 Å². The van der Waals surface area contributed by atoms with E-state index in [9.17, 15) is 8.42 Å². The fourth-order valence-electron chi connectivity index (χ4n) is 0.848. The SMILES string of the molecule is CCCC[C@@H](C)S(=O)(=O)NC. The van der Waals surface area contributed by atoms with Crippen LogP contribution in [0.2, 0.25) is 0 Å². The summed E-state index contributed by atoms with van der Waals surface area (Å²) in [4.78, 5) is 0. The molecule has 0 saturated heterocycles. The van der Waals surface area contributed by atoms with Gasteiger partial charge in [0, 0.05) is 0 Å². The van der Waals surface area contributed by atoms with Gasteiger partial charge in [-0.2, -0.15) is 0 Å². The molecule has 0 aliphatic heterocycles. The van der Waals surface area contributed by atoms with Crippen LogP contribution < -0.4 is 4.72 Å². The van der Waals surface area contributed by atoms with Crippen molar-refractivity contribution in [3.63, 3.8) is 0 Å². The van der Waals surface area contributed by atoms with E-state index in [0.29, 0.717) is 0 Å². The first-order valence-electron chi connectivity index (χ1n) is 3.97. The highest BCUT2D eigenvalue weighted by atomic mass is 32.2. The fraction of sp³-hybridized carbons (Fsp3) is 1.00. The summed E-state index contributed by atoms with van der Waals surface area (Å²) in [7, 11) is -1.56. The molecule has 4 heteroatoms. The normalized spacial score (nSPS) is 14.8. The largest absolute Gasteiger partial charge is 0.218 e. The molecular weight excluding hydrogens is 162 g/mol. The van der Waals surface area contributed by atoms with Crippen LogP contribution >= 0.6 is 0 Å². The summed E-state index contributed by atoms with van der Waals surface area (Å²) in [6.07, 6.45) is 2.77. The van der Waals surface area contributed by atoms with Crippen molar-refractivity contribution in [1.82, 2.24) is 4.72 Å². The zero-order valence-corrected chi connectivity index (χ0v) is 8.24. The highest BCUT2D eigenvalue weighted by molar-refractivity contribution is 7.90. The number of hydrogen-bond donors (Lipinski definition) is 1. The third-order valence-electron chi connectivity index (χ3n) is 1.78. The van der Waals surface area contributed by atoms with Crippen molar-refractivity contribution in [3.8, 4) is 0 Å². The molecule has 0 fully saturated rings. The molecule has 0 saturated carbocycles. The molecular formula is C7H17NO2S. The third kappa shape index (κ3) is 3.72. The first-order valence-corrected chi connectivity index (χ1v) is 5.51. The van der Waals surface area contributed by atoms with Gasteiger partial charge in [-0.05, 0) is 20.4 Å². The quantitative estimate of drug-likeness (QED) is 0.687. The van der Waals surface area contributed by atoms with Crippen molar-refractivity contribution in [1.29, 1.82) is 0 Å². The molecule has 1 atom stereocenters. The predicted octanol–water partition coefficient (Wildman–Crippen LogP) is 1.11. The summed E-state index contributed by atoms with van der Waals surface area (Å²) in [5.74, 6) is 0. The molecule has 0 amide bonds. The molecule has 0 heterocycles. The minimum atomic E-state index is -3.02. The van der Waals surface area contributed by atoms with Crippen LogP contribution in [0.4, 0.5) is 0 Å². The molecule has 0 bridgehead atoms. The van der Waals surface area contributed by atoms with E-state index >= 15 is 0 Å². The van der Waals surface area contributed by atoms with E-state index in [4.69, 9.17) is 0 Å². The van der Waals surface area contributed by atoms with Gasteiger partial charge in [0.2, 0.25) is 10.0 Å². The summed E-state index contributed by atoms with van der Waals surface area (Å²) in [5, 5.41) is -0.257. The van der Waals surface area contributed by atoms with Crippen molar-refractivity contribution >= 4 is 10.0 Å². The summed E-state index contributed by atoms with van der Waals surface area (Å²) < 4.78 is 24.5. The van der Waals surface area contributed by atoms with E-state index in [2.05, 4.69) is 11.6 Å². The van der Waals surface area contributed by atoms with Gasteiger partial charge < -0.3 is 0 Å². The minimum absolute atomic E-state index is 0.257. The first kappa shape index (κ1) is 10.9. The van der Waals surface area contributed by atoms with Crippen LogP contribution in [-0.4, -0.2) is 20.7 Å². The van der Waals surface area contributed by atoms with Crippen LogP contribution in [0.25, 0.3) is 0 Å². The second-order valence-electron chi connectivity index (χ2n) is 2.70. The maximum absolute atomic E-state index is 11.1. The molecule has 0 aromatic carbocycles. The van der Waals surface area contributed by atoms with Crippen molar-refractivity contribution in [3.05, 3.63) is 0 Å². The van der Waals surface area contributed by atoms with E-state index < -0.39 is 10.0 Å². The molecule has 0 unspecified atom stereocenters. The van der Waals surface area contributed by atoms with Gasteiger partial charge in [-0.3, -0.25) is 0 Å². The van der Waals surface area contributed by atoms with Gasteiger partial charge in [-0.1, -0.05) is 19.8 Å². The molecule has 0 aliphatic carbocycles. The van der Waals surface area contributed by atoms with Gasteiger partial charge in [-0.15, -0.1) is 0 Å². The Labute approximate surface area is 69.2 Å². The highest BCUT2D eigenvalue weighted by Gasteiger charge is 2.16. The number of hydrogen-bond acceptors (Lipinski definition) is 2.